The molecule has 1 nitrogen and oxygen atoms in total. The van der Waals surface area contributed by atoms with Crippen molar-refractivity contribution in [2.75, 3.05) is 6.54 Å². The summed E-state index contributed by atoms with van der Waals surface area (Å²) in [6, 6.07) is 0.647. The molecular formula is C12H25N. The minimum absolute atomic E-state index is 0.536. The van der Waals surface area contributed by atoms with Crippen LogP contribution in [-0.2, 0) is 0 Å². The van der Waals surface area contributed by atoms with Crippen LogP contribution in [0.15, 0.2) is 0 Å². The highest BCUT2D eigenvalue weighted by atomic mass is 14.9. The Kier molecular flexibility index (Phi) is 3.39. The number of hydrogen-bond donors (Lipinski definition) is 1. The van der Waals surface area contributed by atoms with Crippen molar-refractivity contribution in [2.24, 2.45) is 17.3 Å². The van der Waals surface area contributed by atoms with Gasteiger partial charge in [0.05, 0.1) is 0 Å². The second-order valence-corrected chi connectivity index (χ2v) is 5.96. The largest absolute Gasteiger partial charge is 0.314 e. The van der Waals surface area contributed by atoms with Crippen LogP contribution in [0.25, 0.3) is 0 Å². The maximum absolute atomic E-state index is 3.52. The molecule has 0 atom stereocenters. The summed E-state index contributed by atoms with van der Waals surface area (Å²) in [7, 11) is 0. The van der Waals surface area contributed by atoms with E-state index in [0.717, 1.165) is 11.8 Å². The SMILES string of the molecule is CC(C)NCC1CC(C(C)(C)C)C1. The van der Waals surface area contributed by atoms with Crippen LogP contribution in [0.3, 0.4) is 0 Å². The van der Waals surface area contributed by atoms with Crippen molar-refractivity contribution >= 4 is 0 Å². The highest BCUT2D eigenvalue weighted by molar-refractivity contribution is 4.88. The van der Waals surface area contributed by atoms with Crippen molar-refractivity contribution < 1.29 is 0 Å². The van der Waals surface area contributed by atoms with Gasteiger partial charge in [-0.3, -0.25) is 0 Å². The fourth-order valence-corrected chi connectivity index (χ4v) is 2.01. The van der Waals surface area contributed by atoms with E-state index in [0.29, 0.717) is 11.5 Å². The van der Waals surface area contributed by atoms with Crippen molar-refractivity contribution in [1.29, 1.82) is 0 Å². The third-order valence-corrected chi connectivity index (χ3v) is 3.28. The maximum atomic E-state index is 3.52. The summed E-state index contributed by atoms with van der Waals surface area (Å²) in [4.78, 5) is 0. The first-order chi connectivity index (χ1) is 5.89. The third kappa shape index (κ3) is 3.30. The van der Waals surface area contributed by atoms with E-state index in [-0.39, 0.29) is 0 Å². The van der Waals surface area contributed by atoms with Gasteiger partial charge in [-0.05, 0) is 36.6 Å². The minimum Gasteiger partial charge on any atom is -0.314 e. The molecule has 0 aromatic rings. The van der Waals surface area contributed by atoms with Crippen LogP contribution in [0, 0.1) is 17.3 Å². The molecule has 1 rings (SSSR count). The Bertz CT molecular complexity index is 149. The lowest BCUT2D eigenvalue weighted by Crippen LogP contribution is -2.40. The van der Waals surface area contributed by atoms with Crippen LogP contribution >= 0.6 is 0 Å². The molecule has 1 fully saturated rings. The quantitative estimate of drug-likeness (QED) is 0.709. The van der Waals surface area contributed by atoms with Gasteiger partial charge in [0, 0.05) is 6.04 Å². The average Bonchev–Trinajstić information content (AvgIpc) is 1.79. The van der Waals surface area contributed by atoms with E-state index in [1.807, 2.05) is 0 Å². The Morgan fingerprint density at radius 2 is 1.77 bits per heavy atom. The van der Waals surface area contributed by atoms with Crippen molar-refractivity contribution in [2.45, 2.75) is 53.5 Å². The van der Waals surface area contributed by atoms with E-state index >= 15 is 0 Å². The molecule has 0 amide bonds. The van der Waals surface area contributed by atoms with Crippen LogP contribution < -0.4 is 5.32 Å². The van der Waals surface area contributed by atoms with Gasteiger partial charge in [0.1, 0.15) is 0 Å². The van der Waals surface area contributed by atoms with Crippen LogP contribution in [-0.4, -0.2) is 12.6 Å². The molecule has 0 bridgehead atoms. The average molecular weight is 183 g/mol. The zero-order chi connectivity index (χ0) is 10.1. The number of hydrogen-bond acceptors (Lipinski definition) is 1. The van der Waals surface area contributed by atoms with E-state index in [1.54, 1.807) is 0 Å². The molecule has 1 aliphatic carbocycles. The lowest BCUT2D eigenvalue weighted by Gasteiger charge is -2.44. The van der Waals surface area contributed by atoms with Crippen molar-refractivity contribution in [3.63, 3.8) is 0 Å². The lowest BCUT2D eigenvalue weighted by molar-refractivity contribution is 0.0746. The molecule has 0 unspecified atom stereocenters. The van der Waals surface area contributed by atoms with Crippen molar-refractivity contribution in [3.05, 3.63) is 0 Å². The standard InChI is InChI=1S/C12H25N/c1-9(2)13-8-10-6-11(7-10)12(3,4)5/h9-11,13H,6-8H2,1-5H3. The molecule has 0 radical (unpaired) electrons. The maximum Gasteiger partial charge on any atom is 0.00104 e. The molecule has 0 saturated heterocycles. The molecule has 1 saturated carbocycles. The lowest BCUT2D eigenvalue weighted by atomic mass is 9.63. The van der Waals surface area contributed by atoms with Gasteiger partial charge in [-0.2, -0.15) is 0 Å². The Hall–Kier alpha value is -0.0400. The first-order valence-corrected chi connectivity index (χ1v) is 5.63. The zero-order valence-electron chi connectivity index (χ0n) is 9.85. The van der Waals surface area contributed by atoms with Crippen molar-refractivity contribution in [3.8, 4) is 0 Å². The smallest absolute Gasteiger partial charge is 0.00104 e. The van der Waals surface area contributed by atoms with E-state index < -0.39 is 0 Å². The Morgan fingerprint density at radius 1 is 1.23 bits per heavy atom. The van der Waals surface area contributed by atoms with Gasteiger partial charge in [0.15, 0.2) is 0 Å². The molecule has 0 aliphatic heterocycles. The van der Waals surface area contributed by atoms with Gasteiger partial charge in [-0.25, -0.2) is 0 Å². The summed E-state index contributed by atoms with van der Waals surface area (Å²) in [6.45, 7) is 12.8. The number of rotatable bonds is 3. The Labute approximate surface area is 83.3 Å². The topological polar surface area (TPSA) is 12.0 Å². The molecule has 1 N–H and O–H groups in total. The molecule has 1 heteroatoms. The Morgan fingerprint density at radius 3 is 2.15 bits per heavy atom. The van der Waals surface area contributed by atoms with Gasteiger partial charge in [-0.15, -0.1) is 0 Å². The van der Waals surface area contributed by atoms with Crippen molar-refractivity contribution in [1.82, 2.24) is 5.32 Å². The molecule has 1 aliphatic rings. The molecule has 0 aromatic heterocycles. The first-order valence-electron chi connectivity index (χ1n) is 5.63. The van der Waals surface area contributed by atoms with Crippen LogP contribution in [0.4, 0.5) is 0 Å². The fraction of sp³-hybridized carbons (Fsp3) is 1.00. The van der Waals surface area contributed by atoms with Gasteiger partial charge in [0.25, 0.3) is 0 Å². The van der Waals surface area contributed by atoms with E-state index in [9.17, 15) is 0 Å². The first kappa shape index (κ1) is 11.0. The van der Waals surface area contributed by atoms with E-state index in [1.165, 1.54) is 19.4 Å². The summed E-state index contributed by atoms with van der Waals surface area (Å²) in [6.07, 6.45) is 2.87. The second-order valence-electron chi connectivity index (χ2n) is 5.96. The summed E-state index contributed by atoms with van der Waals surface area (Å²) in [5.41, 5.74) is 0.536. The summed E-state index contributed by atoms with van der Waals surface area (Å²) >= 11 is 0. The highest BCUT2D eigenvalue weighted by Crippen LogP contribution is 2.44. The van der Waals surface area contributed by atoms with Gasteiger partial charge in [0.2, 0.25) is 0 Å². The summed E-state index contributed by atoms with van der Waals surface area (Å²) in [5.74, 6) is 1.91. The summed E-state index contributed by atoms with van der Waals surface area (Å²) in [5, 5.41) is 3.52. The van der Waals surface area contributed by atoms with Crippen LogP contribution in [0.5, 0.6) is 0 Å². The highest BCUT2D eigenvalue weighted by Gasteiger charge is 2.36. The molecule has 13 heavy (non-hydrogen) atoms. The van der Waals surface area contributed by atoms with Crippen LogP contribution in [0.1, 0.15) is 47.5 Å². The zero-order valence-corrected chi connectivity index (χ0v) is 9.85. The molecular weight excluding hydrogens is 158 g/mol. The van der Waals surface area contributed by atoms with Gasteiger partial charge < -0.3 is 5.32 Å². The summed E-state index contributed by atoms with van der Waals surface area (Å²) < 4.78 is 0. The van der Waals surface area contributed by atoms with Gasteiger partial charge in [-0.1, -0.05) is 34.6 Å². The molecule has 0 heterocycles. The minimum atomic E-state index is 0.536. The van der Waals surface area contributed by atoms with Crippen LogP contribution in [0.2, 0.25) is 0 Å². The third-order valence-electron chi connectivity index (χ3n) is 3.28. The predicted octanol–water partition coefficient (Wildman–Crippen LogP) is 3.06. The Balaban J connectivity index is 2.12. The predicted molar refractivity (Wildman–Crippen MR) is 58.8 cm³/mol. The van der Waals surface area contributed by atoms with E-state index in [2.05, 4.69) is 39.9 Å². The molecule has 0 spiro atoms. The van der Waals surface area contributed by atoms with E-state index in [4.69, 9.17) is 0 Å². The normalized spacial score (nSPS) is 29.1. The second kappa shape index (κ2) is 4.00. The molecule has 78 valence electrons. The van der Waals surface area contributed by atoms with Gasteiger partial charge >= 0.3 is 0 Å². The fourth-order valence-electron chi connectivity index (χ4n) is 2.01. The monoisotopic (exact) mass is 183 g/mol. The molecule has 0 aromatic carbocycles. The number of nitrogens with one attached hydrogen (secondary N) is 1.